The van der Waals surface area contributed by atoms with E-state index in [1.54, 1.807) is 0 Å². The van der Waals surface area contributed by atoms with Gasteiger partial charge in [-0.2, -0.15) is 0 Å². The van der Waals surface area contributed by atoms with Crippen molar-refractivity contribution in [1.29, 1.82) is 0 Å². The van der Waals surface area contributed by atoms with Crippen molar-refractivity contribution in [2.45, 2.75) is 259 Å². The Kier molecular flexibility index (Phi) is 25.2. The van der Waals surface area contributed by atoms with E-state index in [0.717, 1.165) is 68.1 Å². The summed E-state index contributed by atoms with van der Waals surface area (Å²) in [7, 11) is 0. The van der Waals surface area contributed by atoms with E-state index in [2.05, 4.69) is 138 Å². The van der Waals surface area contributed by atoms with E-state index < -0.39 is 5.60 Å². The summed E-state index contributed by atoms with van der Waals surface area (Å²) in [6.07, 6.45) is 13.5. The Morgan fingerprint density at radius 1 is 0.571 bits per heavy atom. The van der Waals surface area contributed by atoms with Crippen molar-refractivity contribution >= 4 is 0 Å². The highest BCUT2D eigenvalue weighted by molar-refractivity contribution is 4.97. The molecule has 4 aliphatic carbocycles. The van der Waals surface area contributed by atoms with Crippen molar-refractivity contribution in [3.8, 4) is 0 Å². The molecule has 56 heavy (non-hydrogen) atoms. The van der Waals surface area contributed by atoms with Crippen LogP contribution < -0.4 is 0 Å². The molecular weight excluding hydrogens is 689 g/mol. The smallest absolute Gasteiger partial charge is 0.0675 e. The van der Waals surface area contributed by atoms with Gasteiger partial charge >= 0.3 is 0 Å². The summed E-state index contributed by atoms with van der Waals surface area (Å²) < 4.78 is 0. The van der Waals surface area contributed by atoms with Crippen LogP contribution in [0, 0.1) is 75.9 Å². The quantitative estimate of drug-likeness (QED) is 0.168. The lowest BCUT2D eigenvalue weighted by Crippen LogP contribution is -2.45. The molecule has 0 saturated heterocycles. The highest BCUT2D eigenvalue weighted by Gasteiger charge is 2.48. The maximum absolute atomic E-state index is 9.85. The molecule has 5 atom stereocenters. The molecule has 5 unspecified atom stereocenters. The average molecular weight is 797 g/mol. The third-order valence-corrected chi connectivity index (χ3v) is 13.4. The molecule has 0 radical (unpaired) electrons. The molecule has 4 heteroatoms. The molecule has 4 nitrogen and oxygen atoms in total. The molecule has 340 valence electrons. The summed E-state index contributed by atoms with van der Waals surface area (Å²) in [5.41, 5.74) is -0.353. The van der Waals surface area contributed by atoms with E-state index in [1.165, 1.54) is 38.5 Å². The fraction of sp³-hybridized carbons (Fsp3) is 1.00. The molecule has 0 amide bonds. The Balaban J connectivity index is 0. The third-order valence-electron chi connectivity index (χ3n) is 13.4. The van der Waals surface area contributed by atoms with Gasteiger partial charge < -0.3 is 20.4 Å². The zero-order chi connectivity index (χ0) is 44.8. The maximum atomic E-state index is 9.85. The number of hydrogen-bond donors (Lipinski definition) is 4. The molecule has 4 fully saturated rings. The van der Waals surface area contributed by atoms with Crippen molar-refractivity contribution in [2.75, 3.05) is 0 Å². The molecular formula is C52H108O4. The standard InChI is InChI=1S/3C9H18O.C9H20.C8H16O.C8H18/c1-6(2)7-5-8(7)9(3,4)10;1-7(2)6-9(3,10)8-4-5-8;1-7(2)8(3)9(10)5-4-6-9;1-7(2)8(3)9(4,5)6;1-7(2)6-8(9)4-3-5-8;1-7(2)6-8(3,4)5/h6-8,10H,5H2,1-4H3;2*7-8,10H,4-6H2,1-3H3;7-8H,1-6H3;7,9H,3-6H2,1-2H3;7H,6H2,1-5H3. The van der Waals surface area contributed by atoms with Crippen LogP contribution in [-0.4, -0.2) is 42.8 Å². The van der Waals surface area contributed by atoms with Crippen LogP contribution in [0.25, 0.3) is 0 Å². The molecule has 0 aliphatic heterocycles. The second-order valence-corrected chi connectivity index (χ2v) is 24.9. The number of rotatable bonds is 11. The van der Waals surface area contributed by atoms with Gasteiger partial charge in [0.05, 0.1) is 22.4 Å². The summed E-state index contributed by atoms with van der Waals surface area (Å²) in [5, 5.41) is 38.8. The molecule has 4 N–H and O–H groups in total. The molecule has 4 saturated carbocycles. The predicted molar refractivity (Wildman–Crippen MR) is 249 cm³/mol. The van der Waals surface area contributed by atoms with Crippen LogP contribution in [0.5, 0.6) is 0 Å². The Morgan fingerprint density at radius 2 is 1.00 bits per heavy atom. The topological polar surface area (TPSA) is 80.9 Å². The Hall–Kier alpha value is -0.160. The van der Waals surface area contributed by atoms with Gasteiger partial charge in [0.15, 0.2) is 0 Å². The zero-order valence-corrected chi connectivity index (χ0v) is 42.6. The first-order chi connectivity index (χ1) is 24.9. The van der Waals surface area contributed by atoms with Crippen molar-refractivity contribution in [1.82, 2.24) is 0 Å². The van der Waals surface area contributed by atoms with E-state index in [0.29, 0.717) is 46.3 Å². The van der Waals surface area contributed by atoms with Crippen molar-refractivity contribution in [2.24, 2.45) is 75.9 Å². The van der Waals surface area contributed by atoms with Gasteiger partial charge in [-0.15, -0.1) is 0 Å². The largest absolute Gasteiger partial charge is 0.390 e. The van der Waals surface area contributed by atoms with Crippen LogP contribution in [0.15, 0.2) is 0 Å². The first kappa shape index (κ1) is 57.9. The van der Waals surface area contributed by atoms with E-state index in [9.17, 15) is 20.4 Å². The SMILES string of the molecule is CC(C)C(C)C(C)(C)C.CC(C)C(C)C1(O)CCC1.CC(C)C1CC1C(C)(C)O.CC(C)CC(C)(C)C.CC(C)CC(C)(O)C1CC1.CC(C)CC1(O)CCC1. The Bertz CT molecular complexity index is 987. The van der Waals surface area contributed by atoms with Crippen molar-refractivity contribution < 1.29 is 20.4 Å². The molecule has 4 rings (SSSR count). The second kappa shape index (κ2) is 24.3. The molecule has 0 bridgehead atoms. The summed E-state index contributed by atoms with van der Waals surface area (Å²) >= 11 is 0. The minimum Gasteiger partial charge on any atom is -0.390 e. The summed E-state index contributed by atoms with van der Waals surface area (Å²) in [4.78, 5) is 0. The van der Waals surface area contributed by atoms with Crippen molar-refractivity contribution in [3.05, 3.63) is 0 Å². The summed E-state index contributed by atoms with van der Waals surface area (Å²) in [6, 6.07) is 0. The van der Waals surface area contributed by atoms with Gasteiger partial charge in [-0.25, -0.2) is 0 Å². The second-order valence-electron chi connectivity index (χ2n) is 24.9. The van der Waals surface area contributed by atoms with Gasteiger partial charge in [0.1, 0.15) is 0 Å². The lowest BCUT2D eigenvalue weighted by molar-refractivity contribution is -0.0913. The maximum Gasteiger partial charge on any atom is 0.0675 e. The minimum absolute atomic E-state index is 0.256. The first-order valence-electron chi connectivity index (χ1n) is 23.8. The molecule has 0 spiro atoms. The van der Waals surface area contributed by atoms with Crippen LogP contribution in [0.3, 0.4) is 0 Å². The normalized spacial score (nSPS) is 23.3. The van der Waals surface area contributed by atoms with Crippen LogP contribution in [-0.2, 0) is 0 Å². The van der Waals surface area contributed by atoms with Crippen molar-refractivity contribution in [3.63, 3.8) is 0 Å². The van der Waals surface area contributed by atoms with E-state index in [-0.39, 0.29) is 16.8 Å². The highest BCUT2D eigenvalue weighted by atomic mass is 16.3. The first-order valence-corrected chi connectivity index (χ1v) is 23.8. The van der Waals surface area contributed by atoms with Gasteiger partial charge in [0.2, 0.25) is 0 Å². The van der Waals surface area contributed by atoms with Crippen LogP contribution in [0.2, 0.25) is 0 Å². The predicted octanol–water partition coefficient (Wildman–Crippen LogP) is 14.8. The molecule has 0 aromatic heterocycles. The van der Waals surface area contributed by atoms with E-state index in [1.807, 2.05) is 20.8 Å². The van der Waals surface area contributed by atoms with Crippen LogP contribution in [0.1, 0.15) is 236 Å². The molecule has 0 aromatic rings. The zero-order valence-electron chi connectivity index (χ0n) is 42.6. The molecule has 0 heterocycles. The monoisotopic (exact) mass is 797 g/mol. The number of aliphatic hydroxyl groups is 4. The highest BCUT2D eigenvalue weighted by Crippen LogP contribution is 2.50. The average Bonchev–Trinajstić information content (AvgIpc) is 3.85. The lowest BCUT2D eigenvalue weighted by atomic mass is 9.68. The van der Waals surface area contributed by atoms with Gasteiger partial charge in [-0.05, 0) is 174 Å². The van der Waals surface area contributed by atoms with Gasteiger partial charge in [-0.3, -0.25) is 0 Å². The third kappa shape index (κ3) is 26.1. The fourth-order valence-electron chi connectivity index (χ4n) is 8.85. The Morgan fingerprint density at radius 3 is 1.11 bits per heavy atom. The van der Waals surface area contributed by atoms with Gasteiger partial charge in [0.25, 0.3) is 0 Å². The van der Waals surface area contributed by atoms with E-state index in [4.69, 9.17) is 0 Å². The fourth-order valence-corrected chi connectivity index (χ4v) is 8.85. The van der Waals surface area contributed by atoms with Gasteiger partial charge in [-0.1, -0.05) is 138 Å². The lowest BCUT2D eigenvalue weighted by Gasteiger charge is -2.43. The van der Waals surface area contributed by atoms with Gasteiger partial charge in [0, 0.05) is 0 Å². The summed E-state index contributed by atoms with van der Waals surface area (Å²) in [5.74, 6) is 7.52. The minimum atomic E-state index is -0.436. The molecule has 0 aromatic carbocycles. The molecule has 4 aliphatic rings. The van der Waals surface area contributed by atoms with E-state index >= 15 is 0 Å². The van der Waals surface area contributed by atoms with Crippen LogP contribution >= 0.6 is 0 Å². The van der Waals surface area contributed by atoms with Crippen LogP contribution in [0.4, 0.5) is 0 Å². The number of hydrogen-bond acceptors (Lipinski definition) is 4. The Labute approximate surface area is 354 Å². The summed E-state index contributed by atoms with van der Waals surface area (Å²) in [6.45, 7) is 50.6.